The van der Waals surface area contributed by atoms with Crippen LogP contribution in [-0.2, 0) is 11.2 Å². The second-order valence-corrected chi connectivity index (χ2v) is 5.37. The lowest BCUT2D eigenvalue weighted by Crippen LogP contribution is -2.12. The van der Waals surface area contributed by atoms with Crippen LogP contribution >= 0.6 is 11.3 Å². The maximum Gasteiger partial charge on any atom is 0.228 e. The summed E-state index contributed by atoms with van der Waals surface area (Å²) in [6, 6.07) is 6.00. The van der Waals surface area contributed by atoms with E-state index in [9.17, 15) is 4.79 Å². The van der Waals surface area contributed by atoms with E-state index < -0.39 is 0 Å². The molecule has 0 saturated heterocycles. The van der Waals surface area contributed by atoms with E-state index >= 15 is 0 Å². The number of carbonyl (C=O) groups excluding carboxylic acids is 1. The van der Waals surface area contributed by atoms with Gasteiger partial charge in [0, 0.05) is 25.0 Å². The molecular formula is C13H14N4OS. The average Bonchev–Trinajstić information content (AvgIpc) is 3.00. The molecule has 1 aromatic carbocycles. The van der Waals surface area contributed by atoms with Crippen LogP contribution in [0.15, 0.2) is 24.4 Å². The minimum atomic E-state index is 0.0572. The molecule has 98 valence electrons. The van der Waals surface area contributed by atoms with Crippen LogP contribution in [0, 0.1) is 0 Å². The summed E-state index contributed by atoms with van der Waals surface area (Å²) in [6.07, 6.45) is 2.30. The lowest BCUT2D eigenvalue weighted by atomic mass is 10.1. The van der Waals surface area contributed by atoms with Crippen LogP contribution in [0.25, 0.3) is 10.4 Å². The number of benzene rings is 1. The number of fused-ring (bicyclic) bond motifs is 1. The second-order valence-electron chi connectivity index (χ2n) is 4.34. The SMILES string of the molecule is NCCNc1ncc(-c2ccc3c(c2)CC(=O)N3)s1. The van der Waals surface area contributed by atoms with Gasteiger partial charge in [0.15, 0.2) is 5.13 Å². The maximum absolute atomic E-state index is 11.3. The fourth-order valence-electron chi connectivity index (χ4n) is 2.05. The zero-order chi connectivity index (χ0) is 13.2. The first-order chi connectivity index (χ1) is 9.26. The van der Waals surface area contributed by atoms with Gasteiger partial charge in [0.1, 0.15) is 0 Å². The molecule has 2 heterocycles. The van der Waals surface area contributed by atoms with E-state index in [0.29, 0.717) is 13.0 Å². The number of thiazole rings is 1. The summed E-state index contributed by atoms with van der Waals surface area (Å²) in [4.78, 5) is 16.7. The van der Waals surface area contributed by atoms with Crippen molar-refractivity contribution in [2.45, 2.75) is 6.42 Å². The van der Waals surface area contributed by atoms with Crippen molar-refractivity contribution in [3.8, 4) is 10.4 Å². The minimum Gasteiger partial charge on any atom is -0.360 e. The first-order valence-electron chi connectivity index (χ1n) is 6.09. The average molecular weight is 274 g/mol. The Morgan fingerprint density at radius 3 is 3.21 bits per heavy atom. The van der Waals surface area contributed by atoms with E-state index in [1.54, 1.807) is 11.3 Å². The predicted octanol–water partition coefficient (Wildman–Crippen LogP) is 1.68. The molecule has 0 unspecified atom stereocenters. The summed E-state index contributed by atoms with van der Waals surface area (Å²) in [7, 11) is 0. The van der Waals surface area contributed by atoms with Crippen LogP contribution in [0.2, 0.25) is 0 Å². The van der Waals surface area contributed by atoms with Gasteiger partial charge in [-0.2, -0.15) is 0 Å². The molecule has 5 nitrogen and oxygen atoms in total. The number of carbonyl (C=O) groups is 1. The Morgan fingerprint density at radius 1 is 1.47 bits per heavy atom. The van der Waals surface area contributed by atoms with Gasteiger partial charge < -0.3 is 16.4 Å². The highest BCUT2D eigenvalue weighted by Gasteiger charge is 2.18. The summed E-state index contributed by atoms with van der Waals surface area (Å²) < 4.78 is 0. The molecule has 0 saturated carbocycles. The van der Waals surface area contributed by atoms with Crippen LogP contribution in [-0.4, -0.2) is 24.0 Å². The molecule has 4 N–H and O–H groups in total. The molecule has 0 spiro atoms. The number of amides is 1. The van der Waals surface area contributed by atoms with Crippen molar-refractivity contribution in [1.29, 1.82) is 0 Å². The third-order valence-electron chi connectivity index (χ3n) is 2.94. The minimum absolute atomic E-state index is 0.0572. The van der Waals surface area contributed by atoms with Crippen LogP contribution in [0.4, 0.5) is 10.8 Å². The number of hydrogen-bond donors (Lipinski definition) is 3. The van der Waals surface area contributed by atoms with Crippen molar-refractivity contribution in [2.75, 3.05) is 23.7 Å². The van der Waals surface area contributed by atoms with Gasteiger partial charge in [0.05, 0.1) is 11.3 Å². The number of rotatable bonds is 4. The van der Waals surface area contributed by atoms with Crippen LogP contribution in [0.1, 0.15) is 5.56 Å². The van der Waals surface area contributed by atoms with Gasteiger partial charge in [-0.3, -0.25) is 4.79 Å². The molecule has 0 aliphatic carbocycles. The van der Waals surface area contributed by atoms with Crippen molar-refractivity contribution >= 4 is 28.1 Å². The smallest absolute Gasteiger partial charge is 0.228 e. The Morgan fingerprint density at radius 2 is 2.37 bits per heavy atom. The van der Waals surface area contributed by atoms with Crippen LogP contribution < -0.4 is 16.4 Å². The Kier molecular flexibility index (Phi) is 3.18. The van der Waals surface area contributed by atoms with Crippen molar-refractivity contribution in [1.82, 2.24) is 4.98 Å². The third-order valence-corrected chi connectivity index (χ3v) is 3.95. The van der Waals surface area contributed by atoms with E-state index in [1.165, 1.54) is 0 Å². The summed E-state index contributed by atoms with van der Waals surface area (Å²) in [5.74, 6) is 0.0572. The lowest BCUT2D eigenvalue weighted by molar-refractivity contribution is -0.115. The molecule has 19 heavy (non-hydrogen) atoms. The number of nitrogens with two attached hydrogens (primary N) is 1. The molecule has 0 atom stereocenters. The molecule has 3 rings (SSSR count). The molecule has 0 fully saturated rings. The fourth-order valence-corrected chi connectivity index (χ4v) is 2.89. The summed E-state index contributed by atoms with van der Waals surface area (Å²) in [5, 5.41) is 6.86. The highest BCUT2D eigenvalue weighted by molar-refractivity contribution is 7.18. The number of aromatic nitrogens is 1. The largest absolute Gasteiger partial charge is 0.360 e. The van der Waals surface area contributed by atoms with Gasteiger partial charge in [-0.05, 0) is 23.3 Å². The molecular weight excluding hydrogens is 260 g/mol. The quantitative estimate of drug-likeness (QED) is 0.792. The molecule has 1 aliphatic rings. The molecule has 0 radical (unpaired) electrons. The first kappa shape index (κ1) is 12.1. The summed E-state index contributed by atoms with van der Waals surface area (Å²) >= 11 is 1.59. The van der Waals surface area contributed by atoms with Gasteiger partial charge >= 0.3 is 0 Å². The Hall–Kier alpha value is -1.92. The van der Waals surface area contributed by atoms with Crippen LogP contribution in [0.5, 0.6) is 0 Å². The summed E-state index contributed by atoms with van der Waals surface area (Å²) in [6.45, 7) is 1.30. The number of nitrogens with zero attached hydrogens (tertiary/aromatic N) is 1. The van der Waals surface area contributed by atoms with Crippen LogP contribution in [0.3, 0.4) is 0 Å². The van der Waals surface area contributed by atoms with E-state index in [2.05, 4.69) is 15.6 Å². The van der Waals surface area contributed by atoms with E-state index in [-0.39, 0.29) is 5.91 Å². The standard InChI is InChI=1S/C13H14N4OS/c14-3-4-15-13-16-7-11(19-13)8-1-2-10-9(5-8)6-12(18)17-10/h1-2,5,7H,3-4,6,14H2,(H,15,16)(H,17,18). The van der Waals surface area contributed by atoms with Crippen molar-refractivity contribution in [3.05, 3.63) is 30.0 Å². The number of anilines is 2. The second kappa shape index (κ2) is 4.99. The number of nitrogens with one attached hydrogen (secondary N) is 2. The molecule has 1 aliphatic heterocycles. The molecule has 0 bridgehead atoms. The van der Waals surface area contributed by atoms with Gasteiger partial charge in [-0.1, -0.05) is 17.4 Å². The molecule has 6 heteroatoms. The van der Waals surface area contributed by atoms with E-state index in [0.717, 1.165) is 33.4 Å². The van der Waals surface area contributed by atoms with E-state index in [4.69, 9.17) is 5.73 Å². The molecule has 2 aromatic rings. The van der Waals surface area contributed by atoms with Gasteiger partial charge in [0.2, 0.25) is 5.91 Å². The monoisotopic (exact) mass is 274 g/mol. The predicted molar refractivity (Wildman–Crippen MR) is 77.4 cm³/mol. The molecule has 1 amide bonds. The van der Waals surface area contributed by atoms with Crippen molar-refractivity contribution in [3.63, 3.8) is 0 Å². The van der Waals surface area contributed by atoms with Gasteiger partial charge in [0.25, 0.3) is 0 Å². The van der Waals surface area contributed by atoms with Gasteiger partial charge in [-0.25, -0.2) is 4.98 Å². The van der Waals surface area contributed by atoms with Gasteiger partial charge in [-0.15, -0.1) is 0 Å². The lowest BCUT2D eigenvalue weighted by Gasteiger charge is -2.01. The third kappa shape index (κ3) is 2.45. The van der Waals surface area contributed by atoms with E-state index in [1.807, 2.05) is 24.4 Å². The topological polar surface area (TPSA) is 80.0 Å². The zero-order valence-electron chi connectivity index (χ0n) is 10.3. The normalized spacial score (nSPS) is 13.2. The van der Waals surface area contributed by atoms with Crippen molar-refractivity contribution < 1.29 is 4.79 Å². The summed E-state index contributed by atoms with van der Waals surface area (Å²) in [5.41, 5.74) is 8.50. The Bertz CT molecular complexity index is 623. The fraction of sp³-hybridized carbons (Fsp3) is 0.231. The Labute approximate surface area is 114 Å². The zero-order valence-corrected chi connectivity index (χ0v) is 11.1. The van der Waals surface area contributed by atoms with Crippen molar-refractivity contribution in [2.24, 2.45) is 5.73 Å². The maximum atomic E-state index is 11.3. The highest BCUT2D eigenvalue weighted by atomic mass is 32.1. The number of hydrogen-bond acceptors (Lipinski definition) is 5. The Balaban J connectivity index is 1.84. The first-order valence-corrected chi connectivity index (χ1v) is 6.91. The molecule has 1 aromatic heterocycles. The highest BCUT2D eigenvalue weighted by Crippen LogP contribution is 2.33.